The van der Waals surface area contributed by atoms with Gasteiger partial charge in [-0.2, -0.15) is 0 Å². The number of carbonyl (C=O) groups is 2. The predicted octanol–water partition coefficient (Wildman–Crippen LogP) is 5.12. The average Bonchev–Trinajstić information content (AvgIpc) is 3.11. The maximum absolute atomic E-state index is 12.6. The van der Waals surface area contributed by atoms with Crippen LogP contribution in [-0.2, 0) is 4.74 Å². The predicted molar refractivity (Wildman–Crippen MR) is 107 cm³/mol. The number of methoxy groups -OCH3 is 2. The fourth-order valence-electron chi connectivity index (χ4n) is 2.51. The van der Waals surface area contributed by atoms with E-state index in [0.717, 1.165) is 5.56 Å². The van der Waals surface area contributed by atoms with Crippen LogP contribution >= 0.6 is 22.9 Å². The lowest BCUT2D eigenvalue weighted by atomic mass is 10.0. The topological polar surface area (TPSA) is 64.6 Å². The van der Waals surface area contributed by atoms with Gasteiger partial charge in [-0.25, -0.2) is 4.79 Å². The molecule has 1 amide bonds. The molecule has 0 bridgehead atoms. The Balaban J connectivity index is 1.93. The van der Waals surface area contributed by atoms with Gasteiger partial charge in [0.15, 0.2) is 0 Å². The quantitative estimate of drug-likeness (QED) is 0.603. The van der Waals surface area contributed by atoms with Crippen LogP contribution in [0.3, 0.4) is 0 Å². The SMILES string of the molecule is COC(=O)c1c(-c2ccc(Cl)cc2)csc1NC(=O)c1ccc(OC)cc1. The van der Waals surface area contributed by atoms with E-state index in [2.05, 4.69) is 5.32 Å². The van der Waals surface area contributed by atoms with Crippen LogP contribution in [0.15, 0.2) is 53.9 Å². The van der Waals surface area contributed by atoms with Crippen LogP contribution in [0.25, 0.3) is 11.1 Å². The molecule has 0 unspecified atom stereocenters. The summed E-state index contributed by atoms with van der Waals surface area (Å²) in [6.07, 6.45) is 0. The molecule has 0 saturated heterocycles. The standard InChI is InChI=1S/C20H16ClNO4S/c1-25-15-9-5-13(6-10-15)18(23)22-19-17(20(24)26-2)16(11-27-19)12-3-7-14(21)8-4-12/h3-11H,1-2H3,(H,22,23). The van der Waals surface area contributed by atoms with Crippen molar-refractivity contribution in [3.05, 3.63) is 70.1 Å². The lowest BCUT2D eigenvalue weighted by Gasteiger charge is -2.08. The van der Waals surface area contributed by atoms with E-state index >= 15 is 0 Å². The highest BCUT2D eigenvalue weighted by molar-refractivity contribution is 7.15. The third-order valence-corrected chi connectivity index (χ3v) is 5.06. The molecule has 2 aromatic carbocycles. The van der Waals surface area contributed by atoms with Gasteiger partial charge in [0, 0.05) is 21.5 Å². The van der Waals surface area contributed by atoms with E-state index < -0.39 is 5.97 Å². The zero-order valence-electron chi connectivity index (χ0n) is 14.6. The van der Waals surface area contributed by atoms with Gasteiger partial charge < -0.3 is 14.8 Å². The second-order valence-corrected chi connectivity index (χ2v) is 6.85. The Hall–Kier alpha value is -2.83. The summed E-state index contributed by atoms with van der Waals surface area (Å²) < 4.78 is 10.0. The number of ether oxygens (including phenoxy) is 2. The molecule has 3 rings (SSSR count). The van der Waals surface area contributed by atoms with Crippen LogP contribution in [0, 0.1) is 0 Å². The van der Waals surface area contributed by atoms with Crippen molar-refractivity contribution in [1.29, 1.82) is 0 Å². The fraction of sp³-hybridized carbons (Fsp3) is 0.100. The monoisotopic (exact) mass is 401 g/mol. The molecule has 0 atom stereocenters. The number of thiophene rings is 1. The molecule has 0 aliphatic carbocycles. The van der Waals surface area contributed by atoms with E-state index in [-0.39, 0.29) is 5.91 Å². The summed E-state index contributed by atoms with van der Waals surface area (Å²) >= 11 is 7.20. The zero-order chi connectivity index (χ0) is 19.4. The number of benzene rings is 2. The molecule has 27 heavy (non-hydrogen) atoms. The average molecular weight is 402 g/mol. The number of rotatable bonds is 5. The van der Waals surface area contributed by atoms with Crippen molar-refractivity contribution in [1.82, 2.24) is 0 Å². The number of esters is 1. The summed E-state index contributed by atoms with van der Waals surface area (Å²) in [5.74, 6) is -0.193. The lowest BCUT2D eigenvalue weighted by Crippen LogP contribution is -2.14. The third kappa shape index (κ3) is 4.13. The summed E-state index contributed by atoms with van der Waals surface area (Å²) in [5, 5.41) is 5.62. The molecule has 1 heterocycles. The summed E-state index contributed by atoms with van der Waals surface area (Å²) in [4.78, 5) is 24.9. The minimum absolute atomic E-state index is 0.312. The summed E-state index contributed by atoms with van der Waals surface area (Å²) in [5.41, 5.74) is 2.24. The van der Waals surface area contributed by atoms with Gasteiger partial charge in [-0.3, -0.25) is 4.79 Å². The highest BCUT2D eigenvalue weighted by Crippen LogP contribution is 2.36. The second-order valence-electron chi connectivity index (χ2n) is 5.53. The van der Waals surface area contributed by atoms with Crippen LogP contribution in [-0.4, -0.2) is 26.1 Å². The largest absolute Gasteiger partial charge is 0.497 e. The first-order valence-electron chi connectivity index (χ1n) is 7.94. The normalized spacial score (nSPS) is 10.3. The molecule has 138 valence electrons. The van der Waals surface area contributed by atoms with Crippen LogP contribution in [0.1, 0.15) is 20.7 Å². The molecular formula is C20H16ClNO4S. The summed E-state index contributed by atoms with van der Waals surface area (Å²) in [6.45, 7) is 0. The highest BCUT2D eigenvalue weighted by atomic mass is 35.5. The molecule has 0 radical (unpaired) electrons. The Bertz CT molecular complexity index is 965. The molecule has 5 nitrogen and oxygen atoms in total. The van der Waals surface area contributed by atoms with Gasteiger partial charge in [0.05, 0.1) is 14.2 Å². The van der Waals surface area contributed by atoms with Crippen LogP contribution in [0.5, 0.6) is 5.75 Å². The summed E-state index contributed by atoms with van der Waals surface area (Å²) in [6, 6.07) is 13.8. The lowest BCUT2D eigenvalue weighted by molar-refractivity contribution is 0.0603. The maximum atomic E-state index is 12.6. The minimum atomic E-state index is -0.522. The molecule has 0 fully saturated rings. The number of amides is 1. The van der Waals surface area contributed by atoms with Crippen molar-refractivity contribution in [2.24, 2.45) is 0 Å². The summed E-state index contributed by atoms with van der Waals surface area (Å²) in [7, 11) is 2.86. The number of halogens is 1. The number of anilines is 1. The van der Waals surface area contributed by atoms with Crippen LogP contribution < -0.4 is 10.1 Å². The van der Waals surface area contributed by atoms with Gasteiger partial charge in [0.2, 0.25) is 0 Å². The van der Waals surface area contributed by atoms with E-state index in [1.165, 1.54) is 18.4 Å². The van der Waals surface area contributed by atoms with Gasteiger partial charge >= 0.3 is 5.97 Å². The van der Waals surface area contributed by atoms with E-state index in [0.29, 0.717) is 32.5 Å². The smallest absolute Gasteiger partial charge is 0.341 e. The second kappa shape index (κ2) is 8.24. The minimum Gasteiger partial charge on any atom is -0.497 e. The van der Waals surface area contributed by atoms with Crippen molar-refractivity contribution in [2.75, 3.05) is 19.5 Å². The van der Waals surface area contributed by atoms with E-state index in [1.807, 2.05) is 12.1 Å². The molecule has 0 aliphatic heterocycles. The molecule has 0 spiro atoms. The maximum Gasteiger partial charge on any atom is 0.341 e. The van der Waals surface area contributed by atoms with Gasteiger partial charge in [-0.05, 0) is 42.0 Å². The number of nitrogens with one attached hydrogen (secondary N) is 1. The first-order chi connectivity index (χ1) is 13.0. The molecule has 7 heteroatoms. The number of hydrogen-bond acceptors (Lipinski definition) is 5. The third-order valence-electron chi connectivity index (χ3n) is 3.92. The van der Waals surface area contributed by atoms with Crippen molar-refractivity contribution >= 4 is 39.8 Å². The fourth-order valence-corrected chi connectivity index (χ4v) is 3.59. The van der Waals surface area contributed by atoms with Crippen LogP contribution in [0.2, 0.25) is 5.02 Å². The Morgan fingerprint density at radius 2 is 1.67 bits per heavy atom. The molecule has 3 aromatic rings. The van der Waals surface area contributed by atoms with Gasteiger partial charge in [0.1, 0.15) is 16.3 Å². The first kappa shape index (κ1) is 18.9. The Kier molecular flexibility index (Phi) is 5.78. The van der Waals surface area contributed by atoms with Gasteiger partial charge in [-0.15, -0.1) is 11.3 Å². The van der Waals surface area contributed by atoms with E-state index in [9.17, 15) is 9.59 Å². The van der Waals surface area contributed by atoms with Gasteiger partial charge in [0.25, 0.3) is 5.91 Å². The van der Waals surface area contributed by atoms with E-state index in [1.54, 1.807) is 48.9 Å². The molecular weight excluding hydrogens is 386 g/mol. The zero-order valence-corrected chi connectivity index (χ0v) is 16.2. The number of hydrogen-bond donors (Lipinski definition) is 1. The molecule has 1 N–H and O–H groups in total. The Morgan fingerprint density at radius 3 is 2.26 bits per heavy atom. The van der Waals surface area contributed by atoms with Crippen molar-refractivity contribution in [3.63, 3.8) is 0 Å². The van der Waals surface area contributed by atoms with Crippen LogP contribution in [0.4, 0.5) is 5.00 Å². The van der Waals surface area contributed by atoms with E-state index in [4.69, 9.17) is 21.1 Å². The Labute approximate surface area is 165 Å². The van der Waals surface area contributed by atoms with Gasteiger partial charge in [-0.1, -0.05) is 23.7 Å². The first-order valence-corrected chi connectivity index (χ1v) is 9.20. The van der Waals surface area contributed by atoms with Crippen molar-refractivity contribution in [2.45, 2.75) is 0 Å². The molecule has 0 aliphatic rings. The van der Waals surface area contributed by atoms with Crippen molar-refractivity contribution < 1.29 is 19.1 Å². The molecule has 1 aromatic heterocycles. The number of carbonyl (C=O) groups excluding carboxylic acids is 2. The molecule has 0 saturated carbocycles. The Morgan fingerprint density at radius 1 is 1.00 bits per heavy atom. The van der Waals surface area contributed by atoms with Crippen molar-refractivity contribution in [3.8, 4) is 16.9 Å². The highest BCUT2D eigenvalue weighted by Gasteiger charge is 2.22.